The number of nitrogens with zero attached hydrogens (tertiary/aromatic N) is 1. The van der Waals surface area contributed by atoms with Gasteiger partial charge in [0, 0.05) is 17.5 Å². The third-order valence-electron chi connectivity index (χ3n) is 3.00. The number of hydrogen-bond acceptors (Lipinski definition) is 2. The van der Waals surface area contributed by atoms with Crippen LogP contribution in [0.3, 0.4) is 0 Å². The second-order valence-corrected chi connectivity index (χ2v) is 5.18. The van der Waals surface area contributed by atoms with Crippen LogP contribution in [0.25, 0.3) is 11.0 Å². The van der Waals surface area contributed by atoms with Gasteiger partial charge in [0.15, 0.2) is 4.77 Å². The zero-order chi connectivity index (χ0) is 13.4. The van der Waals surface area contributed by atoms with E-state index in [0.717, 1.165) is 16.6 Å². The molecule has 6 heteroatoms. The minimum atomic E-state index is -0.349. The Morgan fingerprint density at radius 2 is 2.28 bits per heavy atom. The summed E-state index contributed by atoms with van der Waals surface area (Å²) in [7, 11) is 0. The minimum absolute atomic E-state index is 0.0964. The van der Waals surface area contributed by atoms with Crippen molar-refractivity contribution in [1.29, 1.82) is 0 Å². The number of amides is 1. The highest BCUT2D eigenvalue weighted by atomic mass is 35.5. The lowest BCUT2D eigenvalue weighted by molar-refractivity contribution is -0.118. The Labute approximate surface area is 115 Å². The van der Waals surface area contributed by atoms with E-state index in [2.05, 4.69) is 4.98 Å². The van der Waals surface area contributed by atoms with Gasteiger partial charge in [-0.15, -0.1) is 0 Å². The van der Waals surface area contributed by atoms with Gasteiger partial charge in [-0.25, -0.2) is 0 Å². The first-order valence-corrected chi connectivity index (χ1v) is 6.38. The number of aryl methyl sites for hydroxylation is 1. The number of aromatic nitrogens is 2. The molecule has 1 aromatic heterocycles. The quantitative estimate of drug-likeness (QED) is 0.850. The monoisotopic (exact) mass is 283 g/mol. The van der Waals surface area contributed by atoms with E-state index in [9.17, 15) is 4.79 Å². The van der Waals surface area contributed by atoms with E-state index in [1.54, 1.807) is 0 Å². The molecule has 2 aromatic rings. The Morgan fingerprint density at radius 1 is 1.61 bits per heavy atom. The molecule has 96 valence electrons. The first kappa shape index (κ1) is 13.1. The highest BCUT2D eigenvalue weighted by molar-refractivity contribution is 7.71. The van der Waals surface area contributed by atoms with Gasteiger partial charge in [0.2, 0.25) is 5.91 Å². The van der Waals surface area contributed by atoms with Crippen molar-refractivity contribution in [3.63, 3.8) is 0 Å². The summed E-state index contributed by atoms with van der Waals surface area (Å²) in [6, 6.07) is 3.61. The first-order chi connectivity index (χ1) is 8.41. The van der Waals surface area contributed by atoms with Crippen molar-refractivity contribution < 1.29 is 4.79 Å². The Morgan fingerprint density at radius 3 is 2.89 bits per heavy atom. The third-order valence-corrected chi connectivity index (χ3v) is 3.71. The topological polar surface area (TPSA) is 63.8 Å². The van der Waals surface area contributed by atoms with Crippen molar-refractivity contribution in [2.45, 2.75) is 26.3 Å². The lowest BCUT2D eigenvalue weighted by atomic mass is 10.1. The second kappa shape index (κ2) is 4.74. The molecule has 0 bridgehead atoms. The van der Waals surface area contributed by atoms with Gasteiger partial charge in [-0.1, -0.05) is 11.6 Å². The molecular weight excluding hydrogens is 270 g/mol. The number of carbonyl (C=O) groups is 1. The van der Waals surface area contributed by atoms with E-state index < -0.39 is 0 Å². The predicted octanol–water partition coefficient (Wildman–Crippen LogP) is 3.10. The molecule has 0 aliphatic rings. The summed E-state index contributed by atoms with van der Waals surface area (Å²) in [5, 5.41) is 0.677. The van der Waals surface area contributed by atoms with Crippen LogP contribution in [-0.4, -0.2) is 15.5 Å². The molecule has 0 radical (unpaired) electrons. The number of imidazole rings is 1. The number of nitrogens with one attached hydrogen (secondary N) is 1. The van der Waals surface area contributed by atoms with Crippen molar-refractivity contribution >= 4 is 40.8 Å². The number of halogens is 1. The van der Waals surface area contributed by atoms with Gasteiger partial charge in [-0.2, -0.15) is 0 Å². The van der Waals surface area contributed by atoms with E-state index in [4.69, 9.17) is 29.6 Å². The lowest BCUT2D eigenvalue weighted by Crippen LogP contribution is -2.17. The lowest BCUT2D eigenvalue weighted by Gasteiger charge is -2.14. The van der Waals surface area contributed by atoms with Crippen LogP contribution in [0.4, 0.5) is 0 Å². The fraction of sp³-hybridized carbons (Fsp3) is 0.333. The van der Waals surface area contributed by atoms with Crippen LogP contribution in [0.5, 0.6) is 0 Å². The fourth-order valence-corrected chi connectivity index (χ4v) is 2.70. The number of benzene rings is 1. The van der Waals surface area contributed by atoms with Crippen molar-refractivity contribution in [2.24, 2.45) is 5.73 Å². The number of H-pyrrole nitrogens is 1. The predicted molar refractivity (Wildman–Crippen MR) is 75.4 cm³/mol. The van der Waals surface area contributed by atoms with Gasteiger partial charge in [0.05, 0.1) is 11.0 Å². The zero-order valence-electron chi connectivity index (χ0n) is 10.2. The summed E-state index contributed by atoms with van der Waals surface area (Å²) in [4.78, 5) is 14.2. The number of primary amides is 1. The molecular formula is C12H14ClN3OS. The number of carbonyl (C=O) groups excluding carboxylic acids is 1. The fourth-order valence-electron chi connectivity index (χ4n) is 2.17. The second-order valence-electron chi connectivity index (χ2n) is 4.39. The smallest absolute Gasteiger partial charge is 0.219 e. The highest BCUT2D eigenvalue weighted by Crippen LogP contribution is 2.28. The minimum Gasteiger partial charge on any atom is -0.370 e. The number of fused-ring (bicyclic) bond motifs is 1. The van der Waals surface area contributed by atoms with E-state index in [1.165, 1.54) is 0 Å². The highest BCUT2D eigenvalue weighted by Gasteiger charge is 2.15. The van der Waals surface area contributed by atoms with E-state index in [1.807, 2.05) is 30.5 Å². The summed E-state index contributed by atoms with van der Waals surface area (Å²) >= 11 is 11.4. The number of rotatable bonds is 3. The van der Waals surface area contributed by atoms with Gasteiger partial charge in [-0.05, 0) is 43.8 Å². The third kappa shape index (κ3) is 2.15. The molecule has 0 spiro atoms. The number of aromatic amines is 1. The summed E-state index contributed by atoms with van der Waals surface area (Å²) < 4.78 is 2.47. The summed E-state index contributed by atoms with van der Waals surface area (Å²) in [6.45, 7) is 3.84. The maximum Gasteiger partial charge on any atom is 0.219 e. The van der Waals surface area contributed by atoms with Crippen LogP contribution in [0.1, 0.15) is 24.9 Å². The summed E-state index contributed by atoms with van der Waals surface area (Å²) in [6.07, 6.45) is 0.243. The molecule has 1 heterocycles. The van der Waals surface area contributed by atoms with E-state index in [0.29, 0.717) is 9.79 Å². The molecule has 18 heavy (non-hydrogen) atoms. The molecule has 0 fully saturated rings. The van der Waals surface area contributed by atoms with Gasteiger partial charge in [-0.3, -0.25) is 4.79 Å². The van der Waals surface area contributed by atoms with Crippen LogP contribution in [0.15, 0.2) is 12.1 Å². The first-order valence-electron chi connectivity index (χ1n) is 5.59. The van der Waals surface area contributed by atoms with Crippen LogP contribution < -0.4 is 5.73 Å². The molecule has 1 unspecified atom stereocenters. The normalized spacial score (nSPS) is 12.8. The number of nitrogens with two attached hydrogens (primary N) is 1. The van der Waals surface area contributed by atoms with Gasteiger partial charge in [0.25, 0.3) is 0 Å². The van der Waals surface area contributed by atoms with Crippen molar-refractivity contribution in [1.82, 2.24) is 9.55 Å². The molecule has 0 aliphatic carbocycles. The van der Waals surface area contributed by atoms with Crippen molar-refractivity contribution in [3.05, 3.63) is 27.5 Å². The van der Waals surface area contributed by atoms with E-state index >= 15 is 0 Å². The SMILES string of the molecule is Cc1c(Cl)ccc2[nH]c(=S)n(C(C)CC(N)=O)c12. The molecule has 1 aromatic carbocycles. The molecule has 1 amide bonds. The Bertz CT molecular complexity index is 674. The Hall–Kier alpha value is -1.33. The summed E-state index contributed by atoms with van der Waals surface area (Å²) in [5.41, 5.74) is 8.03. The van der Waals surface area contributed by atoms with E-state index in [-0.39, 0.29) is 18.4 Å². The average molecular weight is 284 g/mol. The molecule has 0 saturated heterocycles. The maximum absolute atomic E-state index is 11.0. The van der Waals surface area contributed by atoms with Crippen molar-refractivity contribution in [2.75, 3.05) is 0 Å². The Balaban J connectivity index is 2.69. The molecule has 3 N–H and O–H groups in total. The van der Waals surface area contributed by atoms with Crippen LogP contribution in [-0.2, 0) is 4.79 Å². The summed E-state index contributed by atoms with van der Waals surface area (Å²) in [5.74, 6) is -0.349. The van der Waals surface area contributed by atoms with Gasteiger partial charge >= 0.3 is 0 Å². The van der Waals surface area contributed by atoms with Crippen LogP contribution >= 0.6 is 23.8 Å². The van der Waals surface area contributed by atoms with Gasteiger partial charge < -0.3 is 15.3 Å². The van der Waals surface area contributed by atoms with Gasteiger partial charge in [0.1, 0.15) is 0 Å². The standard InChI is InChI=1S/C12H14ClN3OS/c1-6(5-10(14)17)16-11-7(2)8(13)3-4-9(11)15-12(16)18/h3-4,6H,5H2,1-2H3,(H2,14,17)(H,15,18). The zero-order valence-corrected chi connectivity index (χ0v) is 11.7. The largest absolute Gasteiger partial charge is 0.370 e. The molecule has 0 aliphatic heterocycles. The molecule has 1 atom stereocenters. The van der Waals surface area contributed by atoms with Crippen LogP contribution in [0.2, 0.25) is 5.02 Å². The average Bonchev–Trinajstić information content (AvgIpc) is 2.60. The Kier molecular flexibility index (Phi) is 3.45. The van der Waals surface area contributed by atoms with Crippen LogP contribution in [0, 0.1) is 11.7 Å². The molecule has 0 saturated carbocycles. The molecule has 4 nitrogen and oxygen atoms in total. The van der Waals surface area contributed by atoms with Crippen molar-refractivity contribution in [3.8, 4) is 0 Å². The molecule has 2 rings (SSSR count). The maximum atomic E-state index is 11.0. The number of hydrogen-bond donors (Lipinski definition) is 2.